The monoisotopic (exact) mass is 334 g/mol. The maximum atomic E-state index is 5.52. The van der Waals surface area contributed by atoms with Crippen molar-refractivity contribution < 1.29 is 4.74 Å². The van der Waals surface area contributed by atoms with E-state index in [1.165, 1.54) is 11.1 Å². The van der Waals surface area contributed by atoms with Crippen molar-refractivity contribution >= 4 is 5.65 Å². The number of ether oxygens (including phenoxy) is 1. The lowest BCUT2D eigenvalue weighted by atomic mass is 10.0. The van der Waals surface area contributed by atoms with Gasteiger partial charge in [-0.15, -0.1) is 10.2 Å². The average molecular weight is 334 g/mol. The first-order chi connectivity index (χ1) is 12.3. The van der Waals surface area contributed by atoms with Crippen LogP contribution in [-0.4, -0.2) is 37.1 Å². The maximum absolute atomic E-state index is 5.52. The summed E-state index contributed by atoms with van der Waals surface area (Å²) in [5, 5.41) is 14.5. The van der Waals surface area contributed by atoms with Crippen molar-refractivity contribution in [1.29, 1.82) is 0 Å². The minimum Gasteiger partial charge on any atom is -0.496 e. The number of methoxy groups -OCH3 is 1. The molecule has 0 amide bonds. The van der Waals surface area contributed by atoms with Crippen LogP contribution < -0.4 is 4.74 Å². The molecule has 1 N–H and O–H groups in total. The minimum atomic E-state index is 0.564. The summed E-state index contributed by atoms with van der Waals surface area (Å²) in [5.74, 6) is 1.49. The molecule has 4 aromatic rings. The normalized spacial score (nSPS) is 11.1. The Balaban J connectivity index is 1.72. The minimum absolute atomic E-state index is 0.564. The molecule has 0 aliphatic carbocycles. The maximum Gasteiger partial charge on any atom is 0.221 e. The van der Waals surface area contributed by atoms with Gasteiger partial charge in [0.1, 0.15) is 11.4 Å². The zero-order valence-corrected chi connectivity index (χ0v) is 14.1. The number of tetrazole rings is 1. The van der Waals surface area contributed by atoms with E-state index in [1.807, 2.05) is 16.7 Å². The molecule has 7 heteroatoms. The number of hydrogen-bond donors (Lipinski definition) is 1. The fraction of sp³-hybridized carbons (Fsp3) is 0.222. The SMILES string of the molecule is COc1cc(C)ccc1CCc1ccc2nccn2c1-c1nn[nH]n1. The molecule has 3 heterocycles. The Hall–Kier alpha value is -3.22. The van der Waals surface area contributed by atoms with E-state index in [0.29, 0.717) is 5.82 Å². The topological polar surface area (TPSA) is 81.0 Å². The second-order valence-corrected chi connectivity index (χ2v) is 5.91. The van der Waals surface area contributed by atoms with E-state index in [4.69, 9.17) is 4.74 Å². The van der Waals surface area contributed by atoms with Gasteiger partial charge in [-0.25, -0.2) is 4.98 Å². The number of benzene rings is 1. The third-order valence-corrected chi connectivity index (χ3v) is 4.31. The highest BCUT2D eigenvalue weighted by Gasteiger charge is 2.15. The molecule has 0 bridgehead atoms. The molecule has 0 fully saturated rings. The van der Waals surface area contributed by atoms with Crippen LogP contribution in [0.1, 0.15) is 16.7 Å². The Kier molecular flexibility index (Phi) is 3.89. The summed E-state index contributed by atoms with van der Waals surface area (Å²) >= 11 is 0. The van der Waals surface area contributed by atoms with E-state index in [0.717, 1.165) is 35.5 Å². The molecular formula is C18H18N6O. The first-order valence-corrected chi connectivity index (χ1v) is 8.08. The Morgan fingerprint density at radius 2 is 1.96 bits per heavy atom. The van der Waals surface area contributed by atoms with E-state index >= 15 is 0 Å². The van der Waals surface area contributed by atoms with Crippen LogP contribution in [-0.2, 0) is 12.8 Å². The second kappa shape index (κ2) is 6.35. The van der Waals surface area contributed by atoms with Crippen molar-refractivity contribution in [1.82, 2.24) is 30.0 Å². The van der Waals surface area contributed by atoms with Crippen LogP contribution in [0.4, 0.5) is 0 Å². The summed E-state index contributed by atoms with van der Waals surface area (Å²) in [5.41, 5.74) is 5.27. The third-order valence-electron chi connectivity index (χ3n) is 4.31. The summed E-state index contributed by atoms with van der Waals surface area (Å²) < 4.78 is 7.51. The number of aromatic nitrogens is 6. The number of aryl methyl sites for hydroxylation is 3. The van der Waals surface area contributed by atoms with Crippen LogP contribution in [0.15, 0.2) is 42.7 Å². The first kappa shape index (κ1) is 15.3. The summed E-state index contributed by atoms with van der Waals surface area (Å²) in [6, 6.07) is 10.4. The zero-order chi connectivity index (χ0) is 17.2. The van der Waals surface area contributed by atoms with Crippen LogP contribution in [0.25, 0.3) is 17.2 Å². The van der Waals surface area contributed by atoms with Gasteiger partial charge in [0.15, 0.2) is 0 Å². The number of rotatable bonds is 5. The Labute approximate surface area is 144 Å². The highest BCUT2D eigenvalue weighted by Crippen LogP contribution is 2.26. The number of aromatic amines is 1. The van der Waals surface area contributed by atoms with Gasteiger partial charge in [0.25, 0.3) is 0 Å². The summed E-state index contributed by atoms with van der Waals surface area (Å²) in [6.45, 7) is 2.06. The molecule has 0 unspecified atom stereocenters. The van der Waals surface area contributed by atoms with Crippen LogP contribution in [0.3, 0.4) is 0 Å². The molecule has 0 saturated carbocycles. The van der Waals surface area contributed by atoms with Crippen LogP contribution in [0.5, 0.6) is 5.75 Å². The molecule has 3 aromatic heterocycles. The van der Waals surface area contributed by atoms with Gasteiger partial charge >= 0.3 is 0 Å². The number of pyridine rings is 1. The zero-order valence-electron chi connectivity index (χ0n) is 14.1. The second-order valence-electron chi connectivity index (χ2n) is 5.91. The Bertz CT molecular complexity index is 1010. The largest absolute Gasteiger partial charge is 0.496 e. The number of hydrogen-bond acceptors (Lipinski definition) is 5. The summed E-state index contributed by atoms with van der Waals surface area (Å²) in [6.07, 6.45) is 5.37. The predicted molar refractivity (Wildman–Crippen MR) is 93.5 cm³/mol. The van der Waals surface area contributed by atoms with Gasteiger partial charge in [0.2, 0.25) is 5.82 Å². The van der Waals surface area contributed by atoms with Crippen LogP contribution in [0, 0.1) is 6.92 Å². The lowest BCUT2D eigenvalue weighted by molar-refractivity contribution is 0.409. The highest BCUT2D eigenvalue weighted by molar-refractivity contribution is 5.61. The molecule has 0 aliphatic rings. The molecular weight excluding hydrogens is 316 g/mol. The van der Waals surface area contributed by atoms with Gasteiger partial charge in [-0.3, -0.25) is 4.40 Å². The van der Waals surface area contributed by atoms with Crippen molar-refractivity contribution in [3.63, 3.8) is 0 Å². The Morgan fingerprint density at radius 1 is 1.12 bits per heavy atom. The lowest BCUT2D eigenvalue weighted by Gasteiger charge is -2.12. The third kappa shape index (κ3) is 2.84. The molecule has 25 heavy (non-hydrogen) atoms. The number of H-pyrrole nitrogens is 1. The molecule has 0 atom stereocenters. The van der Waals surface area contributed by atoms with Gasteiger partial charge in [-0.2, -0.15) is 5.21 Å². The molecule has 126 valence electrons. The molecule has 7 nitrogen and oxygen atoms in total. The van der Waals surface area contributed by atoms with E-state index in [-0.39, 0.29) is 0 Å². The molecule has 0 saturated heterocycles. The lowest BCUT2D eigenvalue weighted by Crippen LogP contribution is -2.02. The van der Waals surface area contributed by atoms with Gasteiger partial charge in [0, 0.05) is 12.4 Å². The fourth-order valence-electron chi connectivity index (χ4n) is 3.08. The van der Waals surface area contributed by atoms with Gasteiger partial charge < -0.3 is 4.74 Å². The number of imidazole rings is 1. The van der Waals surface area contributed by atoms with Gasteiger partial charge in [0.05, 0.1) is 12.8 Å². The number of nitrogens with one attached hydrogen (secondary N) is 1. The quantitative estimate of drug-likeness (QED) is 0.607. The highest BCUT2D eigenvalue weighted by atomic mass is 16.5. The van der Waals surface area contributed by atoms with E-state index in [2.05, 4.69) is 56.8 Å². The van der Waals surface area contributed by atoms with E-state index in [9.17, 15) is 0 Å². The van der Waals surface area contributed by atoms with Crippen LogP contribution >= 0.6 is 0 Å². The fourth-order valence-corrected chi connectivity index (χ4v) is 3.08. The van der Waals surface area contributed by atoms with Crippen LogP contribution in [0.2, 0.25) is 0 Å². The molecule has 1 aromatic carbocycles. The molecule has 0 spiro atoms. The van der Waals surface area contributed by atoms with Crippen molar-refractivity contribution in [3.05, 3.63) is 59.4 Å². The number of nitrogens with zero attached hydrogens (tertiary/aromatic N) is 5. The van der Waals surface area contributed by atoms with Crippen molar-refractivity contribution in [2.45, 2.75) is 19.8 Å². The van der Waals surface area contributed by atoms with Crippen molar-refractivity contribution in [2.75, 3.05) is 7.11 Å². The molecule has 0 aliphatic heterocycles. The van der Waals surface area contributed by atoms with E-state index < -0.39 is 0 Å². The Morgan fingerprint density at radius 3 is 2.76 bits per heavy atom. The predicted octanol–water partition coefficient (Wildman–Crippen LogP) is 2.62. The standard InChI is InChI=1S/C18H18N6O/c1-12-3-4-13(15(11-12)25-2)5-6-14-7-8-16-19-9-10-24(16)17(14)18-20-22-23-21-18/h3-4,7-11H,5-6H2,1-2H3,(H,20,21,22,23). The summed E-state index contributed by atoms with van der Waals surface area (Å²) in [7, 11) is 1.71. The van der Waals surface area contributed by atoms with Crippen molar-refractivity contribution in [3.8, 4) is 17.3 Å². The van der Waals surface area contributed by atoms with E-state index in [1.54, 1.807) is 13.3 Å². The van der Waals surface area contributed by atoms with Gasteiger partial charge in [-0.1, -0.05) is 18.2 Å². The molecule has 4 rings (SSSR count). The molecule has 0 radical (unpaired) electrons. The average Bonchev–Trinajstić information content (AvgIpc) is 3.31. The summed E-state index contributed by atoms with van der Waals surface area (Å²) in [4.78, 5) is 4.34. The number of fused-ring (bicyclic) bond motifs is 1. The van der Waals surface area contributed by atoms with Gasteiger partial charge in [-0.05, 0) is 53.8 Å². The first-order valence-electron chi connectivity index (χ1n) is 8.08. The van der Waals surface area contributed by atoms with Crippen molar-refractivity contribution in [2.24, 2.45) is 0 Å². The smallest absolute Gasteiger partial charge is 0.221 e.